The summed E-state index contributed by atoms with van der Waals surface area (Å²) in [5.74, 6) is 1.34. The highest BCUT2D eigenvalue weighted by atomic mass is 28.2. The summed E-state index contributed by atoms with van der Waals surface area (Å²) >= 11 is 0. The molecule has 1 aliphatic heterocycles. The van der Waals surface area contributed by atoms with Gasteiger partial charge in [-0.05, 0) is 0 Å². The van der Waals surface area contributed by atoms with Crippen molar-refractivity contribution in [3.05, 3.63) is 0 Å². The summed E-state index contributed by atoms with van der Waals surface area (Å²) in [4.78, 5) is 3.91. The van der Waals surface area contributed by atoms with E-state index < -0.39 is 0 Å². The van der Waals surface area contributed by atoms with E-state index in [1.54, 1.807) is 0 Å². The number of rotatable bonds is 0. The summed E-state index contributed by atoms with van der Waals surface area (Å²) in [7, 11) is 2.88. The number of nitrogens with zero attached hydrogens (tertiary/aromatic N) is 1. The molecule has 0 aliphatic carbocycles. The molecule has 0 bridgehead atoms. The molecule has 37 valence electrons. The van der Waals surface area contributed by atoms with Gasteiger partial charge in [-0.25, -0.2) is 0 Å². The van der Waals surface area contributed by atoms with Crippen LogP contribution >= 0.6 is 0 Å². The van der Waals surface area contributed by atoms with Crippen LogP contribution in [0.4, 0.5) is 0 Å². The molecule has 0 saturated heterocycles. The summed E-state index contributed by atoms with van der Waals surface area (Å²) < 4.78 is 4.65. The average Bonchev–Trinajstić information content (AvgIpc) is 1.65. The smallest absolute Gasteiger partial charge is 0.342 e. The molecule has 1 atom stereocenters. The van der Waals surface area contributed by atoms with Crippen molar-refractivity contribution in [3.63, 3.8) is 0 Å². The Balaban J connectivity index is 2.41. The molecule has 0 aromatic carbocycles. The molecule has 1 heterocycles. The third kappa shape index (κ3) is 0.677. The second-order valence-electron chi connectivity index (χ2n) is 1.68. The fourth-order valence-electron chi connectivity index (χ4n) is 0.481. The minimum absolute atomic E-state index is 0.525. The molecule has 0 spiro atoms. The van der Waals surface area contributed by atoms with Gasteiger partial charge in [-0.3, -0.25) is 4.99 Å². The Morgan fingerprint density at radius 2 is 2.71 bits per heavy atom. The molecule has 0 aromatic rings. The summed E-state index contributed by atoms with van der Waals surface area (Å²) in [5, 5.41) is 0. The van der Waals surface area contributed by atoms with E-state index >= 15 is 0 Å². The summed E-state index contributed by atoms with van der Waals surface area (Å²) in [6.45, 7) is 2.99. The Hall–Kier alpha value is -0.313. The maximum absolute atomic E-state index is 4.65. The third-order valence-corrected chi connectivity index (χ3v) is 1.26. The lowest BCUT2D eigenvalue weighted by Crippen LogP contribution is -2.26. The Morgan fingerprint density at radius 1 is 2.00 bits per heavy atom. The van der Waals surface area contributed by atoms with E-state index in [0.717, 1.165) is 12.4 Å². The summed E-state index contributed by atoms with van der Waals surface area (Å²) in [5.41, 5.74) is 0. The first-order valence-corrected chi connectivity index (χ1v) is 2.63. The van der Waals surface area contributed by atoms with Crippen LogP contribution in [0.1, 0.15) is 6.92 Å². The van der Waals surface area contributed by atoms with Gasteiger partial charge in [0, 0.05) is 0 Å². The lowest BCUT2D eigenvalue weighted by atomic mass is 10.1. The van der Waals surface area contributed by atoms with E-state index in [1.165, 1.54) is 0 Å². The molecule has 0 fully saturated rings. The van der Waals surface area contributed by atoms with Crippen molar-refractivity contribution in [1.29, 1.82) is 0 Å². The monoisotopic (exact) mass is 112 g/mol. The highest BCUT2D eigenvalue weighted by Crippen LogP contribution is 2.09. The molecule has 3 radical (unpaired) electrons. The highest BCUT2D eigenvalue weighted by molar-refractivity contribution is 6.07. The fourth-order valence-corrected chi connectivity index (χ4v) is 0.747. The molecule has 0 unspecified atom stereocenters. The third-order valence-electron chi connectivity index (χ3n) is 1.05. The molecule has 7 heavy (non-hydrogen) atoms. The van der Waals surface area contributed by atoms with Crippen LogP contribution in [0.5, 0.6) is 0 Å². The predicted molar refractivity (Wildman–Crippen MR) is 28.3 cm³/mol. The van der Waals surface area contributed by atoms with E-state index in [1.807, 2.05) is 0 Å². The van der Waals surface area contributed by atoms with Gasteiger partial charge in [-0.15, -0.1) is 0 Å². The largest absolute Gasteiger partial charge is 0.531 e. The standard InChI is InChI=1S/C4H6NOSi/c1-3-2-5-4(3)6-7/h3H,2H2,1H3/t3-/m1/s1. The quantitative estimate of drug-likeness (QED) is 0.408. The van der Waals surface area contributed by atoms with Crippen molar-refractivity contribution < 1.29 is 4.43 Å². The van der Waals surface area contributed by atoms with Crippen molar-refractivity contribution >= 4 is 16.4 Å². The summed E-state index contributed by atoms with van der Waals surface area (Å²) in [6, 6.07) is 0. The average molecular weight is 112 g/mol. The minimum Gasteiger partial charge on any atom is -0.531 e. The zero-order valence-electron chi connectivity index (χ0n) is 4.14. The highest BCUT2D eigenvalue weighted by Gasteiger charge is 2.17. The van der Waals surface area contributed by atoms with Crippen molar-refractivity contribution in [2.75, 3.05) is 6.54 Å². The van der Waals surface area contributed by atoms with Crippen LogP contribution in [0.2, 0.25) is 0 Å². The van der Waals surface area contributed by atoms with Crippen molar-refractivity contribution in [1.82, 2.24) is 0 Å². The van der Waals surface area contributed by atoms with Gasteiger partial charge in [-0.1, -0.05) is 6.92 Å². The summed E-state index contributed by atoms with van der Waals surface area (Å²) in [6.07, 6.45) is 0. The molecule has 1 rings (SSSR count). The molecular formula is C4H6NOSi. The van der Waals surface area contributed by atoms with Gasteiger partial charge in [0.2, 0.25) is 0 Å². The van der Waals surface area contributed by atoms with Crippen molar-refractivity contribution in [2.24, 2.45) is 10.9 Å². The molecule has 2 nitrogen and oxygen atoms in total. The van der Waals surface area contributed by atoms with Gasteiger partial charge < -0.3 is 4.43 Å². The van der Waals surface area contributed by atoms with Gasteiger partial charge in [0.15, 0.2) is 5.90 Å². The van der Waals surface area contributed by atoms with Gasteiger partial charge >= 0.3 is 10.5 Å². The second kappa shape index (κ2) is 1.66. The molecule has 1 aliphatic rings. The van der Waals surface area contributed by atoms with Gasteiger partial charge in [-0.2, -0.15) is 0 Å². The van der Waals surface area contributed by atoms with Crippen molar-refractivity contribution in [2.45, 2.75) is 6.92 Å². The first-order chi connectivity index (χ1) is 3.34. The molecule has 0 N–H and O–H groups in total. The molecule has 0 saturated carbocycles. The molecule has 0 aromatic heterocycles. The Kier molecular flexibility index (Phi) is 1.14. The van der Waals surface area contributed by atoms with Crippen LogP contribution in [-0.4, -0.2) is 22.9 Å². The normalized spacial score (nSPS) is 28.3. The lowest BCUT2D eigenvalue weighted by Gasteiger charge is -2.19. The zero-order valence-corrected chi connectivity index (χ0v) is 5.14. The first-order valence-electron chi connectivity index (χ1n) is 2.22. The predicted octanol–water partition coefficient (Wildman–Crippen LogP) is 0.135. The number of hydrogen-bond donors (Lipinski definition) is 0. The van der Waals surface area contributed by atoms with E-state index in [0.29, 0.717) is 5.92 Å². The number of hydrogen-bond acceptors (Lipinski definition) is 2. The van der Waals surface area contributed by atoms with Crippen LogP contribution in [-0.2, 0) is 4.43 Å². The SMILES string of the molecule is C[C@@H]1CN=C1O[Si]. The van der Waals surface area contributed by atoms with Gasteiger partial charge in [0.1, 0.15) is 0 Å². The van der Waals surface area contributed by atoms with Crippen molar-refractivity contribution in [3.8, 4) is 0 Å². The maximum Gasteiger partial charge on any atom is 0.342 e. The van der Waals surface area contributed by atoms with Gasteiger partial charge in [0.05, 0.1) is 12.5 Å². The van der Waals surface area contributed by atoms with E-state index in [9.17, 15) is 0 Å². The second-order valence-corrected chi connectivity index (χ2v) is 1.89. The van der Waals surface area contributed by atoms with Crippen LogP contribution in [0, 0.1) is 5.92 Å². The fraction of sp³-hybridized carbons (Fsp3) is 0.750. The van der Waals surface area contributed by atoms with E-state index in [4.69, 9.17) is 0 Å². The Morgan fingerprint density at radius 3 is 2.71 bits per heavy atom. The Bertz CT molecular complexity index is 102. The molecule has 3 heteroatoms. The van der Waals surface area contributed by atoms with Crippen LogP contribution < -0.4 is 0 Å². The van der Waals surface area contributed by atoms with Crippen LogP contribution in [0.3, 0.4) is 0 Å². The zero-order chi connectivity index (χ0) is 5.28. The molecule has 0 amide bonds. The Labute approximate surface area is 46.1 Å². The first kappa shape index (κ1) is 4.84. The van der Waals surface area contributed by atoms with Crippen LogP contribution in [0.15, 0.2) is 4.99 Å². The lowest BCUT2D eigenvalue weighted by molar-refractivity contribution is 0.494. The van der Waals surface area contributed by atoms with E-state index in [-0.39, 0.29) is 0 Å². The molecular weight excluding hydrogens is 106 g/mol. The van der Waals surface area contributed by atoms with Crippen LogP contribution in [0.25, 0.3) is 0 Å². The minimum atomic E-state index is 0.525. The maximum atomic E-state index is 4.65. The van der Waals surface area contributed by atoms with E-state index in [2.05, 4.69) is 26.8 Å². The number of aliphatic imine (C=N–C) groups is 1. The topological polar surface area (TPSA) is 21.6 Å². The van der Waals surface area contributed by atoms with Gasteiger partial charge in [0.25, 0.3) is 0 Å².